The quantitative estimate of drug-likeness (QED) is 0.723. The van der Waals surface area contributed by atoms with Crippen LogP contribution in [0.4, 0.5) is 0 Å². The normalized spacial score (nSPS) is 53.6. The average Bonchev–Trinajstić information content (AvgIpc) is 2.78. The molecule has 4 rings (SSSR count). The van der Waals surface area contributed by atoms with Crippen LogP contribution in [0.25, 0.3) is 0 Å². The van der Waals surface area contributed by atoms with Gasteiger partial charge >= 0.3 is 0 Å². The summed E-state index contributed by atoms with van der Waals surface area (Å²) in [5.41, 5.74) is 1.68. The second kappa shape index (κ2) is 5.41. The molecule has 0 aromatic rings. The number of hydrogen-bond acceptors (Lipinski definition) is 3. The predicted octanol–water partition coefficient (Wildman–Crippen LogP) is 3.49. The third kappa shape index (κ3) is 2.13. The minimum Gasteiger partial charge on any atom is -0.393 e. The van der Waals surface area contributed by atoms with E-state index in [4.69, 9.17) is 0 Å². The molecule has 3 saturated carbocycles. The van der Waals surface area contributed by atoms with Crippen molar-refractivity contribution in [3.8, 4) is 0 Å². The van der Waals surface area contributed by atoms with Crippen molar-refractivity contribution >= 4 is 5.78 Å². The molecular weight excluding hydrogens is 300 g/mol. The largest absolute Gasteiger partial charge is 0.393 e. The molecule has 0 unspecified atom stereocenters. The Morgan fingerprint density at radius 3 is 2.62 bits per heavy atom. The molecule has 0 radical (unpaired) electrons. The summed E-state index contributed by atoms with van der Waals surface area (Å²) in [4.78, 5) is 12.2. The Hall–Kier alpha value is -0.670. The van der Waals surface area contributed by atoms with E-state index in [2.05, 4.69) is 19.9 Å². The summed E-state index contributed by atoms with van der Waals surface area (Å²) in [6.45, 7) is 6.34. The lowest BCUT2D eigenvalue weighted by Gasteiger charge is -2.57. The van der Waals surface area contributed by atoms with Gasteiger partial charge in [0.1, 0.15) is 5.78 Å². The molecule has 8 atom stereocenters. The van der Waals surface area contributed by atoms with Gasteiger partial charge in [0.2, 0.25) is 0 Å². The number of ketones is 1. The highest BCUT2D eigenvalue weighted by Gasteiger charge is 2.61. The van der Waals surface area contributed by atoms with Gasteiger partial charge in [0, 0.05) is 5.92 Å². The van der Waals surface area contributed by atoms with Crippen LogP contribution in [-0.4, -0.2) is 28.2 Å². The smallest absolute Gasteiger partial charge is 0.136 e. The molecule has 4 aliphatic rings. The standard InChI is InChI=1S/C21H32O3/c1-12(22)19-18(24)11-17-15-5-4-13-10-14(23)6-8-20(13,2)16(15)7-9-21(17,19)3/h4,14-19,23-24H,5-11H2,1-3H3/t14-,15+,16-,17-,18-,19+,20+,21-/m1/s1. The monoisotopic (exact) mass is 332 g/mol. The van der Waals surface area contributed by atoms with Crippen molar-refractivity contribution < 1.29 is 15.0 Å². The number of aliphatic hydroxyl groups excluding tert-OH is 2. The molecule has 0 bridgehead atoms. The Bertz CT molecular complexity index is 582. The number of allylic oxidation sites excluding steroid dienone is 1. The highest BCUT2D eigenvalue weighted by atomic mass is 16.3. The van der Waals surface area contributed by atoms with Crippen molar-refractivity contribution in [1.29, 1.82) is 0 Å². The number of carbonyl (C=O) groups is 1. The zero-order valence-corrected chi connectivity index (χ0v) is 15.3. The molecule has 0 saturated heterocycles. The van der Waals surface area contributed by atoms with Crippen molar-refractivity contribution in [2.75, 3.05) is 0 Å². The van der Waals surface area contributed by atoms with Crippen LogP contribution in [0.3, 0.4) is 0 Å². The lowest BCUT2D eigenvalue weighted by Crippen LogP contribution is -2.51. The SMILES string of the molecule is CC(=O)[C@H]1[C@H](O)C[C@@H]2[C@H]3CC=C4C[C@H](O)CC[C@]4(C)[C@@H]3CC[C@]21C. The Morgan fingerprint density at radius 2 is 1.92 bits per heavy atom. The summed E-state index contributed by atoms with van der Waals surface area (Å²) < 4.78 is 0. The maximum absolute atomic E-state index is 12.2. The van der Waals surface area contributed by atoms with Gasteiger partial charge in [0.05, 0.1) is 12.2 Å². The minimum atomic E-state index is -0.456. The van der Waals surface area contributed by atoms with E-state index in [1.54, 1.807) is 6.92 Å². The number of rotatable bonds is 1. The molecule has 3 heteroatoms. The van der Waals surface area contributed by atoms with E-state index in [0.29, 0.717) is 17.8 Å². The van der Waals surface area contributed by atoms with Gasteiger partial charge in [-0.2, -0.15) is 0 Å². The third-order valence-corrected chi connectivity index (χ3v) is 8.54. The van der Waals surface area contributed by atoms with Crippen LogP contribution in [0, 0.1) is 34.5 Å². The van der Waals surface area contributed by atoms with Crippen LogP contribution >= 0.6 is 0 Å². The van der Waals surface area contributed by atoms with Gasteiger partial charge < -0.3 is 10.2 Å². The maximum atomic E-state index is 12.2. The Morgan fingerprint density at radius 1 is 1.17 bits per heavy atom. The highest BCUT2D eigenvalue weighted by molar-refractivity contribution is 5.80. The van der Waals surface area contributed by atoms with Crippen LogP contribution in [0.2, 0.25) is 0 Å². The summed E-state index contributed by atoms with van der Waals surface area (Å²) in [5, 5.41) is 20.7. The second-order valence-corrected chi connectivity index (χ2v) is 9.59. The highest BCUT2D eigenvalue weighted by Crippen LogP contribution is 2.66. The summed E-state index contributed by atoms with van der Waals surface area (Å²) in [6.07, 6.45) is 8.73. The second-order valence-electron chi connectivity index (χ2n) is 9.59. The zero-order valence-electron chi connectivity index (χ0n) is 15.3. The van der Waals surface area contributed by atoms with Crippen molar-refractivity contribution in [2.24, 2.45) is 34.5 Å². The number of Topliss-reactive ketones (excluding diaryl/α,β-unsaturated/α-hetero) is 1. The van der Waals surface area contributed by atoms with Crippen molar-refractivity contribution in [3.63, 3.8) is 0 Å². The summed E-state index contributed by atoms with van der Waals surface area (Å²) in [6, 6.07) is 0. The van der Waals surface area contributed by atoms with E-state index < -0.39 is 6.10 Å². The predicted molar refractivity (Wildman–Crippen MR) is 93.3 cm³/mol. The Balaban J connectivity index is 1.68. The molecule has 3 nitrogen and oxygen atoms in total. The number of carbonyl (C=O) groups excluding carboxylic acids is 1. The molecule has 0 amide bonds. The molecule has 0 heterocycles. The average molecular weight is 332 g/mol. The molecule has 0 aromatic carbocycles. The minimum absolute atomic E-state index is 0.0255. The lowest BCUT2D eigenvalue weighted by molar-refractivity contribution is -0.130. The van der Waals surface area contributed by atoms with Crippen LogP contribution < -0.4 is 0 Å². The van der Waals surface area contributed by atoms with Gasteiger partial charge in [-0.25, -0.2) is 0 Å². The van der Waals surface area contributed by atoms with E-state index in [1.807, 2.05) is 0 Å². The van der Waals surface area contributed by atoms with Crippen molar-refractivity contribution in [1.82, 2.24) is 0 Å². The fourth-order valence-electron chi connectivity index (χ4n) is 7.39. The molecule has 134 valence electrons. The molecule has 3 fully saturated rings. The first-order valence-corrected chi connectivity index (χ1v) is 9.83. The van der Waals surface area contributed by atoms with E-state index in [0.717, 1.165) is 44.9 Å². The first-order valence-electron chi connectivity index (χ1n) is 9.83. The molecular formula is C21H32O3. The molecule has 0 aromatic heterocycles. The van der Waals surface area contributed by atoms with Gasteiger partial charge in [-0.3, -0.25) is 4.79 Å². The van der Waals surface area contributed by atoms with Gasteiger partial charge in [0.25, 0.3) is 0 Å². The number of fused-ring (bicyclic) bond motifs is 5. The topological polar surface area (TPSA) is 57.5 Å². The summed E-state index contributed by atoms with van der Waals surface area (Å²) in [5.74, 6) is 1.70. The number of aliphatic hydroxyl groups is 2. The zero-order chi connectivity index (χ0) is 17.3. The van der Waals surface area contributed by atoms with Crippen LogP contribution in [0.15, 0.2) is 11.6 Å². The third-order valence-electron chi connectivity index (χ3n) is 8.54. The van der Waals surface area contributed by atoms with Crippen LogP contribution in [0.1, 0.15) is 65.7 Å². The van der Waals surface area contributed by atoms with Gasteiger partial charge in [-0.15, -0.1) is 0 Å². The van der Waals surface area contributed by atoms with Gasteiger partial charge in [-0.1, -0.05) is 25.5 Å². The lowest BCUT2D eigenvalue weighted by atomic mass is 9.47. The summed E-state index contributed by atoms with van der Waals surface area (Å²) >= 11 is 0. The molecule has 4 aliphatic carbocycles. The van der Waals surface area contributed by atoms with Crippen LogP contribution in [0.5, 0.6) is 0 Å². The first kappa shape index (κ1) is 16.8. The molecule has 24 heavy (non-hydrogen) atoms. The van der Waals surface area contributed by atoms with Crippen molar-refractivity contribution in [3.05, 3.63) is 11.6 Å². The van der Waals surface area contributed by atoms with E-state index in [9.17, 15) is 15.0 Å². The Kier molecular flexibility index (Phi) is 3.78. The van der Waals surface area contributed by atoms with E-state index in [1.165, 1.54) is 5.57 Å². The van der Waals surface area contributed by atoms with Gasteiger partial charge in [-0.05, 0) is 80.5 Å². The Labute approximate surface area is 145 Å². The van der Waals surface area contributed by atoms with Crippen LogP contribution in [-0.2, 0) is 4.79 Å². The summed E-state index contributed by atoms with van der Waals surface area (Å²) in [7, 11) is 0. The molecule has 2 N–H and O–H groups in total. The fourth-order valence-corrected chi connectivity index (χ4v) is 7.39. The van der Waals surface area contributed by atoms with Gasteiger partial charge in [0.15, 0.2) is 0 Å². The molecule has 0 spiro atoms. The fraction of sp³-hybridized carbons (Fsp3) is 0.857. The van der Waals surface area contributed by atoms with Crippen molar-refractivity contribution in [2.45, 2.75) is 77.9 Å². The first-order chi connectivity index (χ1) is 11.3. The molecule has 0 aliphatic heterocycles. The van der Waals surface area contributed by atoms with E-state index in [-0.39, 0.29) is 28.6 Å². The maximum Gasteiger partial charge on any atom is 0.136 e. The van der Waals surface area contributed by atoms with E-state index >= 15 is 0 Å². The number of hydrogen-bond donors (Lipinski definition) is 2.